The van der Waals surface area contributed by atoms with Crippen molar-refractivity contribution < 1.29 is 28.5 Å². The predicted molar refractivity (Wildman–Crippen MR) is 145 cm³/mol. The van der Waals surface area contributed by atoms with E-state index in [0.29, 0.717) is 28.5 Å². The summed E-state index contributed by atoms with van der Waals surface area (Å²) < 4.78 is 21.9. The fourth-order valence-electron chi connectivity index (χ4n) is 4.17. The molecule has 1 aliphatic rings. The first-order chi connectivity index (χ1) is 18.8. The first-order valence-corrected chi connectivity index (χ1v) is 12.2. The number of carbonyl (C=O) groups excluding carboxylic acids is 2. The van der Waals surface area contributed by atoms with Crippen LogP contribution in [0.2, 0.25) is 0 Å². The molecule has 12 heteroatoms. The smallest absolute Gasteiger partial charge is 0.332 e. The molecule has 3 N–H and O–H groups in total. The summed E-state index contributed by atoms with van der Waals surface area (Å²) in [4.78, 5) is 39.2. The standard InChI is InChI=1S/C27H24N4O7S/c1-35-15-7-5-14(6-8-15)30-25(33)23-22(17-10-9-16(36-2)11-19(17)37-3)18(13-28)24(29)31-26(34)20(39-27(23)31)12-21(32)38-4/h5-12,22H,29H2,1-4H3,(H,30,33)/b20-12-/t22-/m0/s1. The molecule has 0 aliphatic carbocycles. The molecule has 1 aliphatic heterocycles. The van der Waals surface area contributed by atoms with Crippen LogP contribution in [0, 0.1) is 11.3 Å². The molecule has 0 unspecified atom stereocenters. The molecule has 200 valence electrons. The number of rotatable bonds is 7. The lowest BCUT2D eigenvalue weighted by Gasteiger charge is -2.26. The number of nitrogens with one attached hydrogen (secondary N) is 1. The molecule has 39 heavy (non-hydrogen) atoms. The van der Waals surface area contributed by atoms with Crippen molar-refractivity contribution in [1.82, 2.24) is 4.57 Å². The SMILES string of the molecule is COC(=O)/C=c1\sc2n(c1=O)C(N)=C(C#N)[C@H](c1ccc(OC)cc1OC)C=2C(=O)Nc1ccc(OC)cc1. The first-order valence-electron chi connectivity index (χ1n) is 11.4. The maximum Gasteiger partial charge on any atom is 0.332 e. The molecule has 0 saturated heterocycles. The summed E-state index contributed by atoms with van der Waals surface area (Å²) in [6.07, 6.45) is 1.01. The van der Waals surface area contributed by atoms with Gasteiger partial charge in [0, 0.05) is 23.4 Å². The Morgan fingerprint density at radius 1 is 1.05 bits per heavy atom. The Bertz CT molecular complexity index is 1710. The monoisotopic (exact) mass is 548 g/mol. The minimum absolute atomic E-state index is 0.0193. The van der Waals surface area contributed by atoms with E-state index in [1.165, 1.54) is 28.4 Å². The number of anilines is 1. The molecule has 3 aromatic rings. The third kappa shape index (κ3) is 4.95. The van der Waals surface area contributed by atoms with Crippen LogP contribution in [0.5, 0.6) is 17.2 Å². The molecule has 1 aromatic heterocycles. The van der Waals surface area contributed by atoms with Gasteiger partial charge in [-0.1, -0.05) is 6.07 Å². The lowest BCUT2D eigenvalue weighted by atomic mass is 9.82. The Morgan fingerprint density at radius 2 is 1.72 bits per heavy atom. The molecule has 0 saturated carbocycles. The van der Waals surface area contributed by atoms with Gasteiger partial charge in [-0.2, -0.15) is 5.26 Å². The number of ether oxygens (including phenoxy) is 4. The van der Waals surface area contributed by atoms with Crippen LogP contribution >= 0.6 is 11.3 Å². The number of allylic oxidation sites excluding steroid dienone is 1. The highest BCUT2D eigenvalue weighted by molar-refractivity contribution is 7.07. The fourth-order valence-corrected chi connectivity index (χ4v) is 5.31. The van der Waals surface area contributed by atoms with Gasteiger partial charge in [-0.25, -0.2) is 4.79 Å². The first kappa shape index (κ1) is 27.0. The molecule has 0 radical (unpaired) electrons. The number of hydrogen-bond donors (Lipinski definition) is 2. The van der Waals surface area contributed by atoms with E-state index in [0.717, 1.165) is 22.0 Å². The number of carbonyl (C=O) groups is 2. The zero-order valence-corrected chi connectivity index (χ0v) is 22.3. The summed E-state index contributed by atoms with van der Waals surface area (Å²) in [5.74, 6) is -1.11. The quantitative estimate of drug-likeness (QED) is 0.413. The number of amides is 1. The van der Waals surface area contributed by atoms with Crippen molar-refractivity contribution in [3.8, 4) is 23.3 Å². The molecule has 2 heterocycles. The maximum absolute atomic E-state index is 13.9. The van der Waals surface area contributed by atoms with Crippen LogP contribution in [0.4, 0.5) is 5.69 Å². The summed E-state index contributed by atoms with van der Waals surface area (Å²) in [5, 5.41) is 13.0. The largest absolute Gasteiger partial charge is 0.497 e. The van der Waals surface area contributed by atoms with E-state index in [9.17, 15) is 19.6 Å². The third-order valence-corrected chi connectivity index (χ3v) is 7.17. The van der Waals surface area contributed by atoms with Gasteiger partial charge in [0.25, 0.3) is 11.5 Å². The van der Waals surface area contributed by atoms with Gasteiger partial charge >= 0.3 is 5.97 Å². The van der Waals surface area contributed by atoms with Crippen LogP contribution in [0.3, 0.4) is 0 Å². The number of aromatic nitrogens is 1. The fraction of sp³-hybridized carbons (Fsp3) is 0.185. The Hall–Kier alpha value is -5.02. The van der Waals surface area contributed by atoms with Crippen molar-refractivity contribution in [1.29, 1.82) is 5.26 Å². The van der Waals surface area contributed by atoms with Gasteiger partial charge < -0.3 is 30.0 Å². The highest BCUT2D eigenvalue weighted by Gasteiger charge is 2.37. The van der Waals surface area contributed by atoms with Gasteiger partial charge in [-0.05, 0) is 30.3 Å². The summed E-state index contributed by atoms with van der Waals surface area (Å²) >= 11 is 0.882. The van der Waals surface area contributed by atoms with Gasteiger partial charge in [0.2, 0.25) is 0 Å². The van der Waals surface area contributed by atoms with Gasteiger partial charge in [0.15, 0.2) is 0 Å². The predicted octanol–water partition coefficient (Wildman–Crippen LogP) is 1.13. The molecule has 0 fully saturated rings. The molecule has 1 atom stereocenters. The van der Waals surface area contributed by atoms with E-state index in [4.69, 9.17) is 19.9 Å². The summed E-state index contributed by atoms with van der Waals surface area (Å²) in [6.45, 7) is 0. The van der Waals surface area contributed by atoms with Crippen molar-refractivity contribution >= 4 is 46.4 Å². The molecule has 0 spiro atoms. The number of nitriles is 1. The van der Waals surface area contributed by atoms with Gasteiger partial charge in [0.1, 0.15) is 32.3 Å². The van der Waals surface area contributed by atoms with E-state index < -0.39 is 23.4 Å². The summed E-state index contributed by atoms with van der Waals surface area (Å²) in [7, 11) is 5.65. The number of nitrogens with zero attached hydrogens (tertiary/aromatic N) is 2. The van der Waals surface area contributed by atoms with E-state index >= 15 is 0 Å². The zero-order chi connectivity index (χ0) is 28.3. The lowest BCUT2D eigenvalue weighted by molar-refractivity contribution is -0.133. The van der Waals surface area contributed by atoms with Crippen molar-refractivity contribution in [2.45, 2.75) is 5.92 Å². The second-order valence-corrected chi connectivity index (χ2v) is 9.16. The highest BCUT2D eigenvalue weighted by atomic mass is 32.1. The number of hydrogen-bond acceptors (Lipinski definition) is 10. The highest BCUT2D eigenvalue weighted by Crippen LogP contribution is 2.42. The van der Waals surface area contributed by atoms with Crippen LogP contribution in [-0.4, -0.2) is 44.9 Å². The Balaban J connectivity index is 2.05. The topological polar surface area (TPSA) is 155 Å². The van der Waals surface area contributed by atoms with E-state index in [-0.39, 0.29) is 26.2 Å². The molecular weight excluding hydrogens is 524 g/mol. The van der Waals surface area contributed by atoms with Crippen LogP contribution < -0.4 is 40.0 Å². The second kappa shape index (κ2) is 11.2. The third-order valence-electron chi connectivity index (χ3n) is 6.06. The number of benzene rings is 2. The molecular formula is C27H24N4O7S. The van der Waals surface area contributed by atoms with E-state index in [1.807, 2.05) is 0 Å². The Kier molecular flexibility index (Phi) is 7.73. The molecule has 0 bridgehead atoms. The number of nitrogens with two attached hydrogens (primary N) is 1. The molecule has 1 amide bonds. The number of methoxy groups -OCH3 is 4. The zero-order valence-electron chi connectivity index (χ0n) is 21.4. The molecule has 4 rings (SSSR count). The Morgan fingerprint density at radius 3 is 2.31 bits per heavy atom. The van der Waals surface area contributed by atoms with Crippen LogP contribution in [0.25, 0.3) is 17.5 Å². The minimum Gasteiger partial charge on any atom is -0.497 e. The van der Waals surface area contributed by atoms with Crippen molar-refractivity contribution in [3.63, 3.8) is 0 Å². The van der Waals surface area contributed by atoms with Crippen LogP contribution in [0.15, 0.2) is 52.8 Å². The van der Waals surface area contributed by atoms with Crippen molar-refractivity contribution in [3.05, 3.63) is 73.2 Å². The summed E-state index contributed by atoms with van der Waals surface area (Å²) in [6, 6.07) is 13.7. The van der Waals surface area contributed by atoms with Crippen LogP contribution in [-0.2, 0) is 14.3 Å². The molecule has 11 nitrogen and oxygen atoms in total. The minimum atomic E-state index is -1.02. The van der Waals surface area contributed by atoms with E-state index in [1.54, 1.807) is 42.5 Å². The van der Waals surface area contributed by atoms with Crippen molar-refractivity contribution in [2.24, 2.45) is 5.73 Å². The van der Waals surface area contributed by atoms with E-state index in [2.05, 4.69) is 16.1 Å². The van der Waals surface area contributed by atoms with Gasteiger partial charge in [0.05, 0.1) is 51.6 Å². The normalized spacial score (nSPS) is 14.8. The van der Waals surface area contributed by atoms with Gasteiger partial charge in [-0.15, -0.1) is 11.3 Å². The Labute approximate surface area is 226 Å². The van der Waals surface area contributed by atoms with Crippen molar-refractivity contribution in [2.75, 3.05) is 33.8 Å². The van der Waals surface area contributed by atoms with Crippen LogP contribution in [0.1, 0.15) is 11.5 Å². The average Bonchev–Trinajstić information content (AvgIpc) is 3.27. The molecule has 2 aromatic carbocycles. The maximum atomic E-state index is 13.9. The summed E-state index contributed by atoms with van der Waals surface area (Å²) in [5.41, 5.74) is 6.62. The van der Waals surface area contributed by atoms with Gasteiger partial charge in [-0.3, -0.25) is 14.2 Å². The number of esters is 1. The number of thiazole rings is 1. The average molecular weight is 549 g/mol. The number of fused-ring (bicyclic) bond motifs is 1. The second-order valence-electron chi connectivity index (χ2n) is 8.13. The lowest BCUT2D eigenvalue weighted by Crippen LogP contribution is -2.41.